The largest absolute Gasteiger partial charge is 0.480 e. The highest BCUT2D eigenvalue weighted by Crippen LogP contribution is 2.09. The van der Waals surface area contributed by atoms with Gasteiger partial charge in [-0.3, -0.25) is 4.79 Å². The van der Waals surface area contributed by atoms with Gasteiger partial charge in [0.2, 0.25) is 0 Å². The van der Waals surface area contributed by atoms with Crippen LogP contribution in [0.5, 0.6) is 0 Å². The normalized spacial score (nSPS) is 10.1. The number of methoxy groups -OCH3 is 1. The van der Waals surface area contributed by atoms with Gasteiger partial charge >= 0.3 is 5.97 Å². The van der Waals surface area contributed by atoms with E-state index in [1.165, 1.54) is 6.33 Å². The maximum atomic E-state index is 10.5. The van der Waals surface area contributed by atoms with Crippen LogP contribution in [0, 0.1) is 0 Å². The van der Waals surface area contributed by atoms with Gasteiger partial charge in [0, 0.05) is 32.3 Å². The molecule has 6 nitrogen and oxygen atoms in total. The Labute approximate surface area is 93.9 Å². The molecule has 0 aliphatic heterocycles. The molecule has 88 valence electrons. The van der Waals surface area contributed by atoms with Gasteiger partial charge in [-0.1, -0.05) is 0 Å². The van der Waals surface area contributed by atoms with Crippen molar-refractivity contribution in [3.63, 3.8) is 0 Å². The second kappa shape index (κ2) is 6.02. The lowest BCUT2D eigenvalue weighted by Gasteiger charge is -2.15. The third-order valence-electron chi connectivity index (χ3n) is 2.04. The first-order chi connectivity index (χ1) is 7.63. The van der Waals surface area contributed by atoms with Crippen molar-refractivity contribution in [1.29, 1.82) is 0 Å². The Bertz CT molecular complexity index is 357. The summed E-state index contributed by atoms with van der Waals surface area (Å²) in [6, 6.07) is 1.77. The number of carboxylic acids is 1. The summed E-state index contributed by atoms with van der Waals surface area (Å²) >= 11 is 0. The Morgan fingerprint density at radius 2 is 2.31 bits per heavy atom. The molecule has 0 saturated carbocycles. The Balaban J connectivity index is 2.69. The molecule has 0 aromatic carbocycles. The molecule has 16 heavy (non-hydrogen) atoms. The van der Waals surface area contributed by atoms with Crippen LogP contribution in [-0.4, -0.2) is 48.4 Å². The third-order valence-corrected chi connectivity index (χ3v) is 2.04. The first-order valence-electron chi connectivity index (χ1n) is 4.86. The summed E-state index contributed by atoms with van der Waals surface area (Å²) in [5.41, 5.74) is 0.837. The molecule has 1 aromatic heterocycles. The monoisotopic (exact) mass is 225 g/mol. The first-order valence-corrected chi connectivity index (χ1v) is 4.86. The smallest absolute Gasteiger partial charge is 0.323 e. The van der Waals surface area contributed by atoms with E-state index in [1.807, 2.05) is 0 Å². The van der Waals surface area contributed by atoms with Crippen LogP contribution in [0.1, 0.15) is 5.69 Å². The van der Waals surface area contributed by atoms with E-state index in [0.29, 0.717) is 18.8 Å². The average Bonchev–Trinajstić information content (AvgIpc) is 2.26. The third kappa shape index (κ3) is 3.82. The van der Waals surface area contributed by atoms with Crippen LogP contribution < -0.4 is 4.90 Å². The van der Waals surface area contributed by atoms with E-state index >= 15 is 0 Å². The molecule has 1 aromatic rings. The lowest BCUT2D eigenvalue weighted by atomic mass is 10.3. The highest BCUT2D eigenvalue weighted by atomic mass is 16.5. The van der Waals surface area contributed by atoms with Gasteiger partial charge in [0.25, 0.3) is 0 Å². The zero-order valence-electron chi connectivity index (χ0n) is 9.38. The van der Waals surface area contributed by atoms with E-state index in [1.54, 1.807) is 25.1 Å². The van der Waals surface area contributed by atoms with Crippen molar-refractivity contribution in [1.82, 2.24) is 9.97 Å². The second-order valence-corrected chi connectivity index (χ2v) is 3.36. The van der Waals surface area contributed by atoms with Crippen LogP contribution in [0.4, 0.5) is 5.82 Å². The molecular formula is C10H15N3O3. The number of carbonyl (C=O) groups is 1. The van der Waals surface area contributed by atoms with Crippen LogP contribution >= 0.6 is 0 Å². The van der Waals surface area contributed by atoms with E-state index in [9.17, 15) is 4.79 Å². The SMILES string of the molecule is COCCc1cc(N(C)CC(=O)O)ncn1. The Kier molecular flexibility index (Phi) is 4.65. The summed E-state index contributed by atoms with van der Waals surface area (Å²) in [4.78, 5) is 20.2. The second-order valence-electron chi connectivity index (χ2n) is 3.36. The fourth-order valence-electron chi connectivity index (χ4n) is 1.22. The van der Waals surface area contributed by atoms with Crippen molar-refractivity contribution < 1.29 is 14.6 Å². The number of anilines is 1. The van der Waals surface area contributed by atoms with Gasteiger partial charge in [-0.05, 0) is 0 Å². The van der Waals surface area contributed by atoms with E-state index in [4.69, 9.17) is 9.84 Å². The Morgan fingerprint density at radius 1 is 1.56 bits per heavy atom. The van der Waals surface area contributed by atoms with E-state index in [0.717, 1.165) is 5.69 Å². The summed E-state index contributed by atoms with van der Waals surface area (Å²) in [7, 11) is 3.30. The number of ether oxygens (including phenoxy) is 1. The minimum absolute atomic E-state index is 0.0826. The van der Waals surface area contributed by atoms with Crippen molar-refractivity contribution in [2.75, 3.05) is 32.2 Å². The van der Waals surface area contributed by atoms with Crippen molar-refractivity contribution in [2.45, 2.75) is 6.42 Å². The molecular weight excluding hydrogens is 210 g/mol. The zero-order chi connectivity index (χ0) is 12.0. The molecule has 0 fully saturated rings. The molecule has 0 bridgehead atoms. The van der Waals surface area contributed by atoms with Crippen LogP contribution in [0.15, 0.2) is 12.4 Å². The Hall–Kier alpha value is -1.69. The predicted octanol–water partition coefficient (Wildman–Crippen LogP) is 0.186. The fourth-order valence-corrected chi connectivity index (χ4v) is 1.22. The fraction of sp³-hybridized carbons (Fsp3) is 0.500. The van der Waals surface area contributed by atoms with Crippen LogP contribution in [0.25, 0.3) is 0 Å². The molecule has 0 amide bonds. The molecule has 6 heteroatoms. The minimum atomic E-state index is -0.889. The maximum absolute atomic E-state index is 10.5. The molecule has 0 saturated heterocycles. The topological polar surface area (TPSA) is 75.5 Å². The van der Waals surface area contributed by atoms with Crippen molar-refractivity contribution in [2.24, 2.45) is 0 Å². The number of rotatable bonds is 6. The summed E-state index contributed by atoms with van der Waals surface area (Å²) in [6.07, 6.45) is 2.12. The number of aromatic nitrogens is 2. The maximum Gasteiger partial charge on any atom is 0.323 e. The van der Waals surface area contributed by atoms with Gasteiger partial charge in [0.05, 0.1) is 6.61 Å². The zero-order valence-corrected chi connectivity index (χ0v) is 9.38. The predicted molar refractivity (Wildman–Crippen MR) is 58.5 cm³/mol. The van der Waals surface area contributed by atoms with Gasteiger partial charge < -0.3 is 14.7 Å². The molecule has 0 atom stereocenters. The van der Waals surface area contributed by atoms with Crippen LogP contribution in [0.2, 0.25) is 0 Å². The molecule has 0 unspecified atom stereocenters. The van der Waals surface area contributed by atoms with Gasteiger partial charge in [-0.15, -0.1) is 0 Å². The van der Waals surface area contributed by atoms with E-state index in [2.05, 4.69) is 9.97 Å². The molecule has 0 aliphatic carbocycles. The quantitative estimate of drug-likeness (QED) is 0.744. The van der Waals surface area contributed by atoms with Crippen LogP contribution in [-0.2, 0) is 16.0 Å². The highest BCUT2D eigenvalue weighted by molar-refractivity contribution is 5.72. The average molecular weight is 225 g/mol. The van der Waals surface area contributed by atoms with Gasteiger partial charge in [-0.25, -0.2) is 9.97 Å². The van der Waals surface area contributed by atoms with Gasteiger partial charge in [0.1, 0.15) is 18.7 Å². The Morgan fingerprint density at radius 3 is 2.94 bits per heavy atom. The summed E-state index contributed by atoms with van der Waals surface area (Å²) in [5, 5.41) is 8.65. The van der Waals surface area contributed by atoms with E-state index < -0.39 is 5.97 Å². The number of hydrogen-bond acceptors (Lipinski definition) is 5. The molecule has 1 heterocycles. The number of likely N-dealkylation sites (N-methyl/N-ethyl adjacent to an activating group) is 1. The lowest BCUT2D eigenvalue weighted by molar-refractivity contribution is -0.135. The van der Waals surface area contributed by atoms with Crippen LogP contribution in [0.3, 0.4) is 0 Å². The van der Waals surface area contributed by atoms with Crippen molar-refractivity contribution >= 4 is 11.8 Å². The molecule has 1 N–H and O–H groups in total. The number of nitrogens with zero attached hydrogens (tertiary/aromatic N) is 3. The minimum Gasteiger partial charge on any atom is -0.480 e. The molecule has 1 rings (SSSR count). The summed E-state index contributed by atoms with van der Waals surface area (Å²) in [5.74, 6) is -0.289. The number of carboxylic acid groups (broad SMARTS) is 1. The standard InChI is InChI=1S/C10H15N3O3/c1-13(6-10(14)15)9-5-8(3-4-16-2)11-7-12-9/h5,7H,3-4,6H2,1-2H3,(H,14,15). The molecule has 0 aliphatic rings. The van der Waals surface area contributed by atoms with Gasteiger partial charge in [0.15, 0.2) is 0 Å². The summed E-state index contributed by atoms with van der Waals surface area (Å²) in [6.45, 7) is 0.500. The molecule has 0 spiro atoms. The first kappa shape index (κ1) is 12.4. The molecule has 0 radical (unpaired) electrons. The number of aliphatic carboxylic acids is 1. The van der Waals surface area contributed by atoms with E-state index in [-0.39, 0.29) is 6.54 Å². The van der Waals surface area contributed by atoms with Gasteiger partial charge in [-0.2, -0.15) is 0 Å². The van der Waals surface area contributed by atoms with Crippen molar-refractivity contribution in [3.05, 3.63) is 18.1 Å². The lowest BCUT2D eigenvalue weighted by Crippen LogP contribution is -2.26. The highest BCUT2D eigenvalue weighted by Gasteiger charge is 2.07. The summed E-state index contributed by atoms with van der Waals surface area (Å²) < 4.78 is 4.94. The van der Waals surface area contributed by atoms with Crippen molar-refractivity contribution in [3.8, 4) is 0 Å². The number of hydrogen-bond donors (Lipinski definition) is 1.